The number of ether oxygens (including phenoxy) is 1. The van der Waals surface area contributed by atoms with Crippen LogP contribution in [0, 0.1) is 21.7 Å². The second-order valence-corrected chi connectivity index (χ2v) is 4.50. The molecule has 0 atom stereocenters. The van der Waals surface area contributed by atoms with Crippen LogP contribution in [-0.4, -0.2) is 4.92 Å². The highest BCUT2D eigenvalue weighted by Gasteiger charge is 2.14. The Labute approximate surface area is 124 Å². The van der Waals surface area contributed by atoms with Gasteiger partial charge in [0.2, 0.25) is 5.82 Å². The van der Waals surface area contributed by atoms with Crippen LogP contribution >= 0.6 is 11.6 Å². The van der Waals surface area contributed by atoms with E-state index in [1.807, 2.05) is 0 Å². The van der Waals surface area contributed by atoms with Crippen LogP contribution in [-0.2, 0) is 12.5 Å². The summed E-state index contributed by atoms with van der Waals surface area (Å²) in [6, 6.07) is 7.67. The summed E-state index contributed by atoms with van der Waals surface area (Å²) < 4.78 is 32.3. The lowest BCUT2D eigenvalue weighted by Crippen LogP contribution is -2.00. The van der Waals surface area contributed by atoms with E-state index in [9.17, 15) is 18.9 Å². The molecule has 0 unspecified atom stereocenters. The van der Waals surface area contributed by atoms with Gasteiger partial charge in [0.1, 0.15) is 6.61 Å². The third-order valence-corrected chi connectivity index (χ3v) is 3.06. The van der Waals surface area contributed by atoms with Gasteiger partial charge in [0.05, 0.1) is 4.92 Å². The Balaban J connectivity index is 2.10. The molecule has 2 rings (SSSR count). The van der Waals surface area contributed by atoms with Gasteiger partial charge < -0.3 is 4.74 Å². The summed E-state index contributed by atoms with van der Waals surface area (Å²) >= 11 is 5.58. The molecule has 0 amide bonds. The van der Waals surface area contributed by atoms with Crippen LogP contribution in [0.25, 0.3) is 0 Å². The highest BCUT2D eigenvalue weighted by molar-refractivity contribution is 6.17. The number of nitro groups is 1. The zero-order chi connectivity index (χ0) is 15.4. The van der Waals surface area contributed by atoms with Crippen LogP contribution in [0.15, 0.2) is 36.4 Å². The molecule has 4 nitrogen and oxygen atoms in total. The fourth-order valence-electron chi connectivity index (χ4n) is 1.69. The molecule has 0 N–H and O–H groups in total. The largest absolute Gasteiger partial charge is 0.486 e. The Morgan fingerprint density at radius 1 is 1.10 bits per heavy atom. The monoisotopic (exact) mass is 313 g/mol. The highest BCUT2D eigenvalue weighted by atomic mass is 35.5. The minimum absolute atomic E-state index is 0.00243. The SMILES string of the molecule is O=[N+]([O-])c1ccc(COc2ccc(CCl)cc2F)cc1F. The Morgan fingerprint density at radius 2 is 1.76 bits per heavy atom. The molecular weight excluding hydrogens is 304 g/mol. The lowest BCUT2D eigenvalue weighted by atomic mass is 10.2. The molecule has 0 aliphatic heterocycles. The van der Waals surface area contributed by atoms with Crippen molar-refractivity contribution >= 4 is 17.3 Å². The molecule has 0 spiro atoms. The van der Waals surface area contributed by atoms with Gasteiger partial charge in [0, 0.05) is 11.9 Å². The summed E-state index contributed by atoms with van der Waals surface area (Å²) in [4.78, 5) is 9.68. The minimum atomic E-state index is -0.959. The lowest BCUT2D eigenvalue weighted by Gasteiger charge is -2.08. The second kappa shape index (κ2) is 6.49. The summed E-state index contributed by atoms with van der Waals surface area (Å²) in [5.74, 6) is -1.35. The Kier molecular flexibility index (Phi) is 4.70. The normalized spacial score (nSPS) is 10.4. The van der Waals surface area contributed by atoms with Crippen LogP contribution < -0.4 is 4.74 Å². The maximum atomic E-state index is 13.6. The van der Waals surface area contributed by atoms with Gasteiger partial charge in [-0.2, -0.15) is 4.39 Å². The van der Waals surface area contributed by atoms with E-state index in [1.54, 1.807) is 6.07 Å². The van der Waals surface area contributed by atoms with E-state index in [4.69, 9.17) is 16.3 Å². The smallest absolute Gasteiger partial charge is 0.304 e. The maximum Gasteiger partial charge on any atom is 0.304 e. The first kappa shape index (κ1) is 15.2. The summed E-state index contributed by atoms with van der Waals surface area (Å²) in [6.07, 6.45) is 0. The standard InChI is InChI=1S/C14H10ClF2NO3/c15-7-9-2-4-14(12(17)5-9)21-8-10-1-3-13(18(19)20)11(16)6-10/h1-6H,7-8H2. The van der Waals surface area contributed by atoms with E-state index in [0.29, 0.717) is 11.1 Å². The number of alkyl halides is 1. The first-order valence-corrected chi connectivity index (χ1v) is 6.44. The number of nitro benzene ring substituents is 1. The predicted molar refractivity (Wildman–Crippen MR) is 73.3 cm³/mol. The predicted octanol–water partition coefficient (Wildman–Crippen LogP) is 4.19. The average Bonchev–Trinajstić information content (AvgIpc) is 2.45. The molecule has 0 saturated carbocycles. The summed E-state index contributed by atoms with van der Waals surface area (Å²) in [5.41, 5.74) is 0.359. The Morgan fingerprint density at radius 3 is 2.33 bits per heavy atom. The van der Waals surface area contributed by atoms with Crippen molar-refractivity contribution in [3.63, 3.8) is 0 Å². The van der Waals surface area contributed by atoms with Crippen molar-refractivity contribution in [1.82, 2.24) is 0 Å². The van der Waals surface area contributed by atoms with Crippen molar-refractivity contribution in [2.45, 2.75) is 12.5 Å². The van der Waals surface area contributed by atoms with Crippen molar-refractivity contribution < 1.29 is 18.4 Å². The number of rotatable bonds is 5. The molecule has 0 aromatic heterocycles. The molecule has 0 aliphatic carbocycles. The second-order valence-electron chi connectivity index (χ2n) is 4.23. The number of hydrogen-bond acceptors (Lipinski definition) is 3. The van der Waals surface area contributed by atoms with Gasteiger partial charge >= 0.3 is 5.69 Å². The molecule has 0 heterocycles. The van der Waals surface area contributed by atoms with E-state index in [-0.39, 0.29) is 18.2 Å². The van der Waals surface area contributed by atoms with Gasteiger partial charge in [-0.1, -0.05) is 6.07 Å². The number of benzene rings is 2. The van der Waals surface area contributed by atoms with Crippen LogP contribution in [0.2, 0.25) is 0 Å². The topological polar surface area (TPSA) is 52.4 Å². The lowest BCUT2D eigenvalue weighted by molar-refractivity contribution is -0.387. The third kappa shape index (κ3) is 3.66. The van der Waals surface area contributed by atoms with Crippen molar-refractivity contribution in [2.24, 2.45) is 0 Å². The molecule has 2 aromatic carbocycles. The maximum absolute atomic E-state index is 13.6. The molecule has 2 aromatic rings. The van der Waals surface area contributed by atoms with Gasteiger partial charge in [-0.25, -0.2) is 4.39 Å². The number of halogens is 3. The van der Waals surface area contributed by atoms with E-state index in [0.717, 1.165) is 12.1 Å². The summed E-state index contributed by atoms with van der Waals surface area (Å²) in [5, 5.41) is 10.5. The molecule has 0 radical (unpaired) electrons. The zero-order valence-electron chi connectivity index (χ0n) is 10.7. The van der Waals surface area contributed by atoms with Crippen LogP contribution in [0.5, 0.6) is 5.75 Å². The van der Waals surface area contributed by atoms with Crippen LogP contribution in [0.4, 0.5) is 14.5 Å². The molecule has 0 fully saturated rings. The number of nitrogens with zero attached hydrogens (tertiary/aromatic N) is 1. The van der Waals surface area contributed by atoms with Gasteiger partial charge in [0.15, 0.2) is 11.6 Å². The Hall–Kier alpha value is -2.21. The van der Waals surface area contributed by atoms with Gasteiger partial charge in [0.25, 0.3) is 0 Å². The highest BCUT2D eigenvalue weighted by Crippen LogP contribution is 2.22. The fourth-order valence-corrected chi connectivity index (χ4v) is 1.86. The molecule has 0 bridgehead atoms. The van der Waals surface area contributed by atoms with Crippen molar-refractivity contribution in [1.29, 1.82) is 0 Å². The molecule has 7 heteroatoms. The van der Waals surface area contributed by atoms with E-state index in [2.05, 4.69) is 0 Å². The number of hydrogen-bond donors (Lipinski definition) is 0. The van der Waals surface area contributed by atoms with Crippen molar-refractivity contribution in [2.75, 3.05) is 0 Å². The molecule has 0 saturated heterocycles. The molecule has 0 aliphatic rings. The quantitative estimate of drug-likeness (QED) is 0.472. The van der Waals surface area contributed by atoms with Crippen LogP contribution in [0.3, 0.4) is 0 Å². The molecular formula is C14H10ClF2NO3. The fraction of sp³-hybridized carbons (Fsp3) is 0.143. The zero-order valence-corrected chi connectivity index (χ0v) is 11.4. The average molecular weight is 314 g/mol. The van der Waals surface area contributed by atoms with Gasteiger partial charge in [-0.05, 0) is 35.4 Å². The van der Waals surface area contributed by atoms with E-state index in [1.165, 1.54) is 18.2 Å². The Bertz CT molecular complexity index is 679. The first-order chi connectivity index (χ1) is 10.0. The van der Waals surface area contributed by atoms with Gasteiger partial charge in [-0.15, -0.1) is 11.6 Å². The first-order valence-electron chi connectivity index (χ1n) is 5.91. The van der Waals surface area contributed by atoms with E-state index >= 15 is 0 Å². The van der Waals surface area contributed by atoms with Crippen molar-refractivity contribution in [3.8, 4) is 5.75 Å². The van der Waals surface area contributed by atoms with Crippen LogP contribution in [0.1, 0.15) is 11.1 Å². The van der Waals surface area contributed by atoms with Crippen molar-refractivity contribution in [3.05, 3.63) is 69.3 Å². The van der Waals surface area contributed by atoms with Gasteiger partial charge in [-0.3, -0.25) is 10.1 Å². The minimum Gasteiger partial charge on any atom is -0.486 e. The van der Waals surface area contributed by atoms with E-state index < -0.39 is 22.2 Å². The third-order valence-electron chi connectivity index (χ3n) is 2.75. The molecule has 110 valence electrons. The molecule has 21 heavy (non-hydrogen) atoms. The summed E-state index contributed by atoms with van der Waals surface area (Å²) in [7, 11) is 0. The summed E-state index contributed by atoms with van der Waals surface area (Å²) in [6.45, 7) is -0.105.